The number of allylic oxidation sites excluding steroid dienone is 3. The number of rotatable bonds is 5. The number of carbonyl (C=O) groups is 3. The molecule has 2 aliphatic rings. The first-order chi connectivity index (χ1) is 14.7. The summed E-state index contributed by atoms with van der Waals surface area (Å²) in [6, 6.07) is 7.08. The number of nitrogens with one attached hydrogen (secondary N) is 1. The molecule has 166 valence electrons. The van der Waals surface area contributed by atoms with E-state index in [0.717, 1.165) is 5.70 Å². The van der Waals surface area contributed by atoms with Crippen molar-refractivity contribution in [3.05, 3.63) is 57.4 Å². The fourth-order valence-electron chi connectivity index (χ4n) is 4.30. The number of Topliss-reactive ketones (excluding diaryl/α,β-unsaturated/α-hetero) is 1. The zero-order valence-corrected chi connectivity index (χ0v) is 19.2. The largest absolute Gasteiger partial charge is 0.468 e. The predicted octanol–water partition coefficient (Wildman–Crippen LogP) is 4.29. The minimum absolute atomic E-state index is 0.229. The Balaban J connectivity index is 2.17. The van der Waals surface area contributed by atoms with Gasteiger partial charge in [0, 0.05) is 27.9 Å². The number of carbonyl (C=O) groups excluding carboxylic acids is 3. The molecule has 0 saturated carbocycles. The first-order valence-electron chi connectivity index (χ1n) is 10.5. The zero-order valence-electron chi connectivity index (χ0n) is 18.5. The van der Waals surface area contributed by atoms with E-state index in [1.807, 2.05) is 26.8 Å². The van der Waals surface area contributed by atoms with E-state index >= 15 is 0 Å². The lowest BCUT2D eigenvalue weighted by atomic mass is 9.69. The third kappa shape index (κ3) is 4.40. The minimum Gasteiger partial charge on any atom is -0.468 e. The van der Waals surface area contributed by atoms with Crippen molar-refractivity contribution in [2.45, 2.75) is 52.6 Å². The van der Waals surface area contributed by atoms with Crippen LogP contribution < -0.4 is 5.32 Å². The number of halogens is 1. The van der Waals surface area contributed by atoms with Gasteiger partial charge < -0.3 is 14.8 Å². The van der Waals surface area contributed by atoms with E-state index in [-0.39, 0.29) is 17.8 Å². The second-order valence-corrected chi connectivity index (χ2v) is 8.65. The summed E-state index contributed by atoms with van der Waals surface area (Å²) in [6.45, 7) is 7.41. The molecule has 1 N–H and O–H groups in total. The first kappa shape index (κ1) is 23.1. The highest BCUT2D eigenvalue weighted by Gasteiger charge is 2.47. The molecule has 0 unspecified atom stereocenters. The average Bonchev–Trinajstić information content (AvgIpc) is 2.72. The van der Waals surface area contributed by atoms with Crippen LogP contribution in [0.1, 0.15) is 52.0 Å². The molecule has 0 radical (unpaired) electrons. The van der Waals surface area contributed by atoms with E-state index in [1.54, 1.807) is 25.1 Å². The number of hydrogen-bond acceptors (Lipinski definition) is 6. The van der Waals surface area contributed by atoms with Gasteiger partial charge in [-0.15, -0.1) is 0 Å². The molecule has 31 heavy (non-hydrogen) atoms. The molecule has 3 rings (SSSR count). The van der Waals surface area contributed by atoms with Crippen molar-refractivity contribution >= 4 is 29.3 Å². The van der Waals surface area contributed by atoms with Crippen LogP contribution in [-0.2, 0) is 23.9 Å². The minimum atomic E-state index is -0.919. The Labute approximate surface area is 187 Å². The van der Waals surface area contributed by atoms with Crippen LogP contribution in [0.5, 0.6) is 0 Å². The van der Waals surface area contributed by atoms with Crippen molar-refractivity contribution < 1.29 is 23.9 Å². The van der Waals surface area contributed by atoms with Gasteiger partial charge >= 0.3 is 11.9 Å². The highest BCUT2D eigenvalue weighted by molar-refractivity contribution is 6.30. The predicted molar refractivity (Wildman–Crippen MR) is 117 cm³/mol. The SMILES string of the molecule is CC[C@H](C)OC(=O)C1=C(C)NC2=C(C(=O)[C@H](C(=O)OC)[C@@H](C)C2)[C@@H]1c1cccc(Cl)c1. The smallest absolute Gasteiger partial charge is 0.337 e. The molecule has 1 aliphatic carbocycles. The fraction of sp³-hybridized carbons (Fsp3) is 0.458. The summed E-state index contributed by atoms with van der Waals surface area (Å²) in [5.74, 6) is -3.22. The third-order valence-electron chi connectivity index (χ3n) is 6.03. The van der Waals surface area contributed by atoms with Crippen LogP contribution in [0.4, 0.5) is 0 Å². The maximum atomic E-state index is 13.6. The molecule has 0 saturated heterocycles. The Morgan fingerprint density at radius 1 is 1.32 bits per heavy atom. The number of esters is 2. The molecular formula is C24H28ClNO5. The van der Waals surface area contributed by atoms with Gasteiger partial charge in [-0.05, 0) is 50.3 Å². The van der Waals surface area contributed by atoms with Crippen molar-refractivity contribution in [3.8, 4) is 0 Å². The lowest BCUT2D eigenvalue weighted by molar-refractivity contribution is -0.151. The molecule has 1 aromatic carbocycles. The summed E-state index contributed by atoms with van der Waals surface area (Å²) >= 11 is 6.25. The Morgan fingerprint density at radius 3 is 2.65 bits per heavy atom. The molecule has 0 fully saturated rings. The topological polar surface area (TPSA) is 81.7 Å². The monoisotopic (exact) mass is 445 g/mol. The van der Waals surface area contributed by atoms with Crippen LogP contribution in [-0.4, -0.2) is 30.9 Å². The second-order valence-electron chi connectivity index (χ2n) is 8.21. The zero-order chi connectivity index (χ0) is 22.9. The van der Waals surface area contributed by atoms with E-state index in [2.05, 4.69) is 5.32 Å². The van der Waals surface area contributed by atoms with Crippen molar-refractivity contribution in [1.82, 2.24) is 5.32 Å². The molecule has 1 aromatic rings. The van der Waals surface area contributed by atoms with E-state index in [9.17, 15) is 14.4 Å². The molecule has 1 aliphatic heterocycles. The molecule has 0 spiro atoms. The van der Waals surface area contributed by atoms with Crippen molar-refractivity contribution in [3.63, 3.8) is 0 Å². The van der Waals surface area contributed by atoms with Gasteiger partial charge in [0.2, 0.25) is 0 Å². The lowest BCUT2D eigenvalue weighted by Gasteiger charge is -2.38. The number of methoxy groups -OCH3 is 1. The average molecular weight is 446 g/mol. The van der Waals surface area contributed by atoms with E-state index in [1.165, 1.54) is 7.11 Å². The van der Waals surface area contributed by atoms with Gasteiger partial charge in [-0.2, -0.15) is 0 Å². The molecule has 0 aromatic heterocycles. The molecule has 6 nitrogen and oxygen atoms in total. The highest BCUT2D eigenvalue weighted by atomic mass is 35.5. The number of benzene rings is 1. The quantitative estimate of drug-likeness (QED) is 0.537. The van der Waals surface area contributed by atoms with Crippen LogP contribution in [0.15, 0.2) is 46.8 Å². The van der Waals surface area contributed by atoms with Crippen LogP contribution in [0.2, 0.25) is 5.02 Å². The number of dihydropyridines is 1. The van der Waals surface area contributed by atoms with Crippen molar-refractivity contribution in [1.29, 1.82) is 0 Å². The Morgan fingerprint density at radius 2 is 2.03 bits per heavy atom. The van der Waals surface area contributed by atoms with Gasteiger partial charge in [0.1, 0.15) is 5.92 Å². The summed E-state index contributed by atoms with van der Waals surface area (Å²) in [5.41, 5.74) is 2.81. The second kappa shape index (κ2) is 9.27. The molecule has 4 atom stereocenters. The van der Waals surface area contributed by atoms with Crippen molar-refractivity contribution in [2.75, 3.05) is 7.11 Å². The van der Waals surface area contributed by atoms with Crippen molar-refractivity contribution in [2.24, 2.45) is 11.8 Å². The maximum absolute atomic E-state index is 13.6. The number of hydrogen-bond donors (Lipinski definition) is 1. The summed E-state index contributed by atoms with van der Waals surface area (Å²) in [4.78, 5) is 39.2. The normalized spacial score (nSPS) is 24.3. The Bertz CT molecular complexity index is 980. The van der Waals surface area contributed by atoms with Gasteiger partial charge in [0.25, 0.3) is 0 Å². The Kier molecular flexibility index (Phi) is 6.90. The lowest BCUT2D eigenvalue weighted by Crippen LogP contribution is -2.43. The van der Waals surface area contributed by atoms with Crippen LogP contribution in [0.3, 0.4) is 0 Å². The molecule has 7 heteroatoms. The van der Waals surface area contributed by atoms with E-state index < -0.39 is 23.8 Å². The van der Waals surface area contributed by atoms with E-state index in [4.69, 9.17) is 21.1 Å². The summed E-state index contributed by atoms with van der Waals surface area (Å²) in [5, 5.41) is 3.74. The number of ketones is 1. The Hall–Kier alpha value is -2.60. The highest BCUT2D eigenvalue weighted by Crippen LogP contribution is 2.45. The van der Waals surface area contributed by atoms with Crippen LogP contribution in [0, 0.1) is 11.8 Å². The van der Waals surface area contributed by atoms with Gasteiger partial charge in [-0.3, -0.25) is 9.59 Å². The van der Waals surface area contributed by atoms with Gasteiger partial charge in [0.15, 0.2) is 5.78 Å². The van der Waals surface area contributed by atoms with E-state index in [0.29, 0.717) is 40.3 Å². The number of ether oxygens (including phenoxy) is 2. The molecular weight excluding hydrogens is 418 g/mol. The fourth-order valence-corrected chi connectivity index (χ4v) is 4.50. The molecule has 0 bridgehead atoms. The third-order valence-corrected chi connectivity index (χ3v) is 6.26. The van der Waals surface area contributed by atoms with Gasteiger partial charge in [-0.1, -0.05) is 37.6 Å². The summed E-state index contributed by atoms with van der Waals surface area (Å²) in [6.07, 6.45) is 0.888. The maximum Gasteiger partial charge on any atom is 0.337 e. The van der Waals surface area contributed by atoms with Gasteiger partial charge in [-0.25, -0.2) is 4.79 Å². The molecule has 1 heterocycles. The summed E-state index contributed by atoms with van der Waals surface area (Å²) < 4.78 is 10.5. The summed E-state index contributed by atoms with van der Waals surface area (Å²) in [7, 11) is 1.28. The van der Waals surface area contributed by atoms with Gasteiger partial charge in [0.05, 0.1) is 18.8 Å². The molecule has 0 amide bonds. The standard InChI is InChI=1S/C24H28ClNO5/c1-6-13(3)31-24(29)19-14(4)26-17-10-12(2)18(23(28)30-5)22(27)21(17)20(19)15-8-7-9-16(25)11-15/h7-9,11-13,18,20,26H,6,10H2,1-5H3/t12-,13-,18+,20+/m0/s1. The van der Waals surface area contributed by atoms with Crippen LogP contribution in [0.25, 0.3) is 0 Å². The first-order valence-corrected chi connectivity index (χ1v) is 10.9. The van der Waals surface area contributed by atoms with Crippen LogP contribution >= 0.6 is 11.6 Å².